The number of carbonyl (C=O) groups is 1. The molecular weight excluding hydrogens is 384 g/mol. The first kappa shape index (κ1) is 19.5. The van der Waals surface area contributed by atoms with Gasteiger partial charge in [0.25, 0.3) is 11.5 Å². The summed E-state index contributed by atoms with van der Waals surface area (Å²) in [6.45, 7) is 4.34. The lowest BCUT2D eigenvalue weighted by Crippen LogP contribution is -2.49. The molecule has 0 radical (unpaired) electrons. The van der Waals surface area contributed by atoms with Gasteiger partial charge < -0.3 is 15.1 Å². The van der Waals surface area contributed by atoms with Crippen LogP contribution >= 0.6 is 0 Å². The van der Waals surface area contributed by atoms with Crippen molar-refractivity contribution in [2.24, 2.45) is 7.05 Å². The van der Waals surface area contributed by atoms with Gasteiger partial charge in [-0.2, -0.15) is 5.10 Å². The fourth-order valence-electron chi connectivity index (χ4n) is 3.15. The summed E-state index contributed by atoms with van der Waals surface area (Å²) in [6, 6.07) is 10.4. The molecule has 4 rings (SSSR count). The molecule has 30 heavy (non-hydrogen) atoms. The van der Waals surface area contributed by atoms with E-state index in [0.29, 0.717) is 37.8 Å². The zero-order valence-corrected chi connectivity index (χ0v) is 16.8. The lowest BCUT2D eigenvalue weighted by atomic mass is 10.2. The average molecular weight is 406 g/mol. The van der Waals surface area contributed by atoms with Gasteiger partial charge in [-0.15, -0.1) is 10.2 Å². The summed E-state index contributed by atoms with van der Waals surface area (Å²) in [7, 11) is 1.53. The average Bonchev–Trinajstić information content (AvgIpc) is 2.77. The number of carbonyl (C=O) groups excluding carboxylic acids is 1. The van der Waals surface area contributed by atoms with Gasteiger partial charge in [-0.05, 0) is 36.8 Å². The first-order valence-electron chi connectivity index (χ1n) is 9.61. The number of piperazine rings is 1. The van der Waals surface area contributed by atoms with Gasteiger partial charge in [0.1, 0.15) is 11.5 Å². The standard InChI is InChI=1S/C20H22N8O2/c1-14-3-5-16(21-13-14)22-17-6-7-18(24-23-17)27-9-11-28(12-10-27)20(30)15-4-8-19(29)26(2)25-15/h3-8,13H,9-12H2,1-2H3,(H,21,22,23). The van der Waals surface area contributed by atoms with Crippen LogP contribution in [-0.2, 0) is 7.05 Å². The van der Waals surface area contributed by atoms with Crippen LogP contribution in [0.2, 0.25) is 0 Å². The van der Waals surface area contributed by atoms with Crippen molar-refractivity contribution in [1.82, 2.24) is 29.9 Å². The molecule has 1 aliphatic heterocycles. The van der Waals surface area contributed by atoms with E-state index in [-0.39, 0.29) is 17.2 Å². The van der Waals surface area contributed by atoms with Gasteiger partial charge in [-0.1, -0.05) is 6.07 Å². The van der Waals surface area contributed by atoms with E-state index < -0.39 is 0 Å². The molecule has 10 heteroatoms. The number of aromatic nitrogens is 5. The lowest BCUT2D eigenvalue weighted by molar-refractivity contribution is 0.0738. The van der Waals surface area contributed by atoms with Crippen molar-refractivity contribution >= 4 is 23.4 Å². The monoisotopic (exact) mass is 406 g/mol. The summed E-state index contributed by atoms with van der Waals surface area (Å²) in [5, 5.41) is 15.7. The Morgan fingerprint density at radius 3 is 2.37 bits per heavy atom. The third-order valence-corrected chi connectivity index (χ3v) is 4.89. The van der Waals surface area contributed by atoms with Crippen LogP contribution in [0, 0.1) is 6.92 Å². The largest absolute Gasteiger partial charge is 0.352 e. The maximum Gasteiger partial charge on any atom is 0.274 e. The number of aryl methyl sites for hydroxylation is 2. The SMILES string of the molecule is Cc1ccc(Nc2ccc(N3CCN(C(=O)c4ccc(=O)n(C)n4)CC3)nn2)nc1. The van der Waals surface area contributed by atoms with E-state index in [9.17, 15) is 9.59 Å². The topological polar surface area (TPSA) is 109 Å². The Bertz CT molecular complexity index is 1090. The van der Waals surface area contributed by atoms with Gasteiger partial charge in [0, 0.05) is 45.5 Å². The van der Waals surface area contributed by atoms with Gasteiger partial charge in [0.15, 0.2) is 11.6 Å². The van der Waals surface area contributed by atoms with E-state index in [2.05, 4.69) is 30.5 Å². The number of nitrogens with one attached hydrogen (secondary N) is 1. The van der Waals surface area contributed by atoms with Crippen molar-refractivity contribution in [3.05, 3.63) is 64.2 Å². The minimum atomic E-state index is -0.244. The van der Waals surface area contributed by atoms with Crippen LogP contribution in [0.4, 0.5) is 17.5 Å². The Kier molecular flexibility index (Phi) is 5.38. The van der Waals surface area contributed by atoms with Gasteiger partial charge in [-0.3, -0.25) is 9.59 Å². The second kappa shape index (κ2) is 8.27. The van der Waals surface area contributed by atoms with E-state index in [1.54, 1.807) is 11.1 Å². The number of pyridine rings is 1. The van der Waals surface area contributed by atoms with Crippen LogP contribution in [0.5, 0.6) is 0 Å². The molecule has 1 saturated heterocycles. The highest BCUT2D eigenvalue weighted by Crippen LogP contribution is 2.17. The highest BCUT2D eigenvalue weighted by atomic mass is 16.2. The molecule has 1 N–H and O–H groups in total. The highest BCUT2D eigenvalue weighted by molar-refractivity contribution is 5.92. The minimum Gasteiger partial charge on any atom is -0.352 e. The third-order valence-electron chi connectivity index (χ3n) is 4.89. The molecule has 0 atom stereocenters. The number of anilines is 3. The molecule has 0 bridgehead atoms. The number of nitrogens with zero attached hydrogens (tertiary/aromatic N) is 7. The Labute approximate surface area is 173 Å². The normalized spacial score (nSPS) is 13.9. The van der Waals surface area contributed by atoms with Crippen LogP contribution in [0.15, 0.2) is 47.4 Å². The molecule has 1 fully saturated rings. The van der Waals surface area contributed by atoms with Gasteiger partial charge in [0.2, 0.25) is 0 Å². The molecule has 154 valence electrons. The second-order valence-corrected chi connectivity index (χ2v) is 7.08. The quantitative estimate of drug-likeness (QED) is 0.683. The Morgan fingerprint density at radius 1 is 0.967 bits per heavy atom. The van der Waals surface area contributed by atoms with E-state index in [4.69, 9.17) is 0 Å². The van der Waals surface area contributed by atoms with Gasteiger partial charge in [-0.25, -0.2) is 9.67 Å². The fraction of sp³-hybridized carbons (Fsp3) is 0.300. The molecule has 0 spiro atoms. The summed E-state index contributed by atoms with van der Waals surface area (Å²) in [5.74, 6) is 1.90. The van der Waals surface area contributed by atoms with Crippen LogP contribution in [-0.4, -0.2) is 61.9 Å². The van der Waals surface area contributed by atoms with Crippen molar-refractivity contribution in [2.75, 3.05) is 36.4 Å². The molecule has 0 saturated carbocycles. The van der Waals surface area contributed by atoms with Crippen molar-refractivity contribution < 1.29 is 4.79 Å². The summed E-state index contributed by atoms with van der Waals surface area (Å²) >= 11 is 0. The number of amides is 1. The van der Waals surface area contributed by atoms with Crippen molar-refractivity contribution in [1.29, 1.82) is 0 Å². The van der Waals surface area contributed by atoms with E-state index in [0.717, 1.165) is 11.4 Å². The van der Waals surface area contributed by atoms with Crippen LogP contribution < -0.4 is 15.8 Å². The van der Waals surface area contributed by atoms with Crippen molar-refractivity contribution in [3.63, 3.8) is 0 Å². The van der Waals surface area contributed by atoms with Crippen LogP contribution in [0.25, 0.3) is 0 Å². The maximum absolute atomic E-state index is 12.6. The molecule has 3 aromatic heterocycles. The molecular formula is C20H22N8O2. The lowest BCUT2D eigenvalue weighted by Gasteiger charge is -2.35. The maximum atomic E-state index is 12.6. The Morgan fingerprint density at radius 2 is 1.73 bits per heavy atom. The summed E-state index contributed by atoms with van der Waals surface area (Å²) in [4.78, 5) is 32.2. The predicted octanol–water partition coefficient (Wildman–Crippen LogP) is 0.980. The summed E-state index contributed by atoms with van der Waals surface area (Å²) in [5.41, 5.74) is 1.11. The first-order chi connectivity index (χ1) is 14.5. The molecule has 1 aliphatic rings. The molecule has 3 aromatic rings. The Hall–Kier alpha value is -3.82. The highest BCUT2D eigenvalue weighted by Gasteiger charge is 2.24. The van der Waals surface area contributed by atoms with E-state index >= 15 is 0 Å². The zero-order valence-electron chi connectivity index (χ0n) is 16.8. The number of hydrogen-bond donors (Lipinski definition) is 1. The molecule has 4 heterocycles. The van der Waals surface area contributed by atoms with E-state index in [1.165, 1.54) is 23.9 Å². The number of hydrogen-bond acceptors (Lipinski definition) is 8. The second-order valence-electron chi connectivity index (χ2n) is 7.08. The van der Waals surface area contributed by atoms with Crippen LogP contribution in [0.3, 0.4) is 0 Å². The Balaban J connectivity index is 1.35. The minimum absolute atomic E-state index is 0.179. The van der Waals surface area contributed by atoms with Crippen molar-refractivity contribution in [2.45, 2.75) is 6.92 Å². The molecule has 0 aromatic carbocycles. The fourth-order valence-corrected chi connectivity index (χ4v) is 3.15. The molecule has 1 amide bonds. The van der Waals surface area contributed by atoms with Crippen LogP contribution in [0.1, 0.15) is 16.1 Å². The van der Waals surface area contributed by atoms with Gasteiger partial charge in [0.05, 0.1) is 0 Å². The van der Waals surface area contributed by atoms with Gasteiger partial charge >= 0.3 is 0 Å². The first-order valence-corrected chi connectivity index (χ1v) is 9.61. The molecule has 0 aliphatic carbocycles. The summed E-state index contributed by atoms with van der Waals surface area (Å²) in [6.07, 6.45) is 1.79. The molecule has 0 unspecified atom stereocenters. The smallest absolute Gasteiger partial charge is 0.274 e. The van der Waals surface area contributed by atoms with Crippen molar-refractivity contribution in [3.8, 4) is 0 Å². The molecule has 10 nitrogen and oxygen atoms in total. The number of rotatable bonds is 4. The summed E-state index contributed by atoms with van der Waals surface area (Å²) < 4.78 is 1.17. The van der Waals surface area contributed by atoms with E-state index in [1.807, 2.05) is 31.2 Å². The third kappa shape index (κ3) is 4.27. The predicted molar refractivity (Wildman–Crippen MR) is 112 cm³/mol. The zero-order chi connectivity index (χ0) is 21.1.